The van der Waals surface area contributed by atoms with Crippen molar-refractivity contribution in [2.45, 2.75) is 19.3 Å². The Morgan fingerprint density at radius 1 is 1.14 bits per heavy atom. The Balaban J connectivity index is 1.80. The van der Waals surface area contributed by atoms with Crippen molar-refractivity contribution in [2.75, 3.05) is 45.9 Å². The van der Waals surface area contributed by atoms with Gasteiger partial charge in [-0.3, -0.25) is 9.59 Å². The Kier molecular flexibility index (Phi) is 9.78. The summed E-state index contributed by atoms with van der Waals surface area (Å²) in [6.45, 7) is 3.93. The molecule has 8 heteroatoms. The number of amides is 2. The monoisotopic (exact) mass is 427 g/mol. The second kappa shape index (κ2) is 12.1. The number of hydrogen-bond donors (Lipinski definition) is 2. The predicted molar refractivity (Wildman–Crippen MR) is 112 cm³/mol. The number of carbonyl (C=O) groups excluding carboxylic acids is 2. The normalized spacial score (nSPS) is 15.3. The Morgan fingerprint density at radius 3 is 2.68 bits per heavy atom. The highest BCUT2D eigenvalue weighted by Gasteiger charge is 2.22. The number of rotatable bonds is 9. The average Bonchev–Trinajstić information content (AvgIpc) is 2.87. The lowest BCUT2D eigenvalue weighted by atomic mass is 10.2. The van der Waals surface area contributed by atoms with E-state index >= 15 is 0 Å². The summed E-state index contributed by atoms with van der Waals surface area (Å²) >= 11 is 11.9. The van der Waals surface area contributed by atoms with Gasteiger partial charge in [-0.1, -0.05) is 29.3 Å². The summed E-state index contributed by atoms with van der Waals surface area (Å²) in [5.74, 6) is -0.0366. The van der Waals surface area contributed by atoms with Crippen molar-refractivity contribution in [3.05, 3.63) is 39.9 Å². The fourth-order valence-electron chi connectivity index (χ4n) is 2.94. The number of benzene rings is 1. The van der Waals surface area contributed by atoms with Crippen LogP contribution in [0.1, 0.15) is 24.8 Å². The first-order chi connectivity index (χ1) is 13.5. The molecule has 1 aromatic carbocycles. The van der Waals surface area contributed by atoms with E-state index in [0.717, 1.165) is 31.5 Å². The molecule has 2 rings (SSSR count). The van der Waals surface area contributed by atoms with Crippen LogP contribution in [-0.4, -0.2) is 72.6 Å². The van der Waals surface area contributed by atoms with Gasteiger partial charge < -0.3 is 20.2 Å². The minimum absolute atomic E-state index is 0.0825. The highest BCUT2D eigenvalue weighted by Crippen LogP contribution is 2.23. The van der Waals surface area contributed by atoms with Crippen molar-refractivity contribution in [3.8, 4) is 0 Å². The quantitative estimate of drug-likeness (QED) is 0.468. The molecule has 1 heterocycles. The van der Waals surface area contributed by atoms with E-state index < -0.39 is 0 Å². The third-order valence-corrected chi connectivity index (χ3v) is 5.29. The Labute approximate surface area is 176 Å². The van der Waals surface area contributed by atoms with Crippen molar-refractivity contribution in [1.29, 1.82) is 0 Å². The Morgan fingerprint density at radius 2 is 1.93 bits per heavy atom. The maximum atomic E-state index is 12.5. The van der Waals surface area contributed by atoms with Gasteiger partial charge in [-0.05, 0) is 49.7 Å². The number of aliphatic hydroxyl groups is 1. The molecule has 0 unspecified atom stereocenters. The predicted octanol–water partition coefficient (Wildman–Crippen LogP) is 2.43. The average molecular weight is 428 g/mol. The molecule has 1 fully saturated rings. The van der Waals surface area contributed by atoms with Crippen LogP contribution in [0.5, 0.6) is 0 Å². The van der Waals surface area contributed by atoms with Gasteiger partial charge in [-0.25, -0.2) is 0 Å². The van der Waals surface area contributed by atoms with Gasteiger partial charge in [-0.2, -0.15) is 0 Å². The third-order valence-electron chi connectivity index (χ3n) is 4.56. The third kappa shape index (κ3) is 7.43. The maximum absolute atomic E-state index is 12.5. The van der Waals surface area contributed by atoms with E-state index in [9.17, 15) is 9.59 Å². The second-order valence-corrected chi connectivity index (χ2v) is 7.46. The molecular weight excluding hydrogens is 401 g/mol. The first-order valence-electron chi connectivity index (χ1n) is 9.52. The van der Waals surface area contributed by atoms with Gasteiger partial charge in [0, 0.05) is 45.3 Å². The van der Waals surface area contributed by atoms with Crippen molar-refractivity contribution in [1.82, 2.24) is 15.1 Å². The molecule has 1 saturated heterocycles. The second-order valence-electron chi connectivity index (χ2n) is 6.64. The SMILES string of the molecule is O=C(/C=C/c1ccc(Cl)c(Cl)c1)N1CCC(=O)N(CCCNCCCO)CC1. The summed E-state index contributed by atoms with van der Waals surface area (Å²) in [7, 11) is 0. The minimum Gasteiger partial charge on any atom is -0.396 e. The van der Waals surface area contributed by atoms with Crippen LogP contribution in [-0.2, 0) is 9.59 Å². The maximum Gasteiger partial charge on any atom is 0.246 e. The Bertz CT molecular complexity index is 697. The molecule has 1 aliphatic rings. The molecule has 0 aromatic heterocycles. The summed E-state index contributed by atoms with van der Waals surface area (Å²) in [4.78, 5) is 28.3. The van der Waals surface area contributed by atoms with Crippen LogP contribution in [0.15, 0.2) is 24.3 Å². The smallest absolute Gasteiger partial charge is 0.246 e. The molecule has 0 bridgehead atoms. The van der Waals surface area contributed by atoms with Gasteiger partial charge in [-0.15, -0.1) is 0 Å². The van der Waals surface area contributed by atoms with E-state index in [1.807, 2.05) is 4.90 Å². The van der Waals surface area contributed by atoms with Gasteiger partial charge in [0.15, 0.2) is 0 Å². The zero-order chi connectivity index (χ0) is 20.4. The van der Waals surface area contributed by atoms with Gasteiger partial charge in [0.1, 0.15) is 0 Å². The number of aliphatic hydroxyl groups excluding tert-OH is 1. The first-order valence-corrected chi connectivity index (χ1v) is 10.3. The molecule has 2 amide bonds. The lowest BCUT2D eigenvalue weighted by molar-refractivity contribution is -0.130. The molecule has 0 spiro atoms. The number of hydrogen-bond acceptors (Lipinski definition) is 4. The van der Waals surface area contributed by atoms with Crippen LogP contribution in [0, 0.1) is 0 Å². The standard InChI is InChI=1S/C20H27Cl2N3O3/c21-17-5-3-16(15-18(17)22)4-6-19(27)25-11-7-20(28)24(12-13-25)10-1-8-23-9-2-14-26/h3-6,15,23,26H,1-2,7-14H2/b6-4+. The molecular formula is C20H27Cl2N3O3. The van der Waals surface area contributed by atoms with E-state index in [0.29, 0.717) is 42.6 Å². The van der Waals surface area contributed by atoms with E-state index in [4.69, 9.17) is 28.3 Å². The lowest BCUT2D eigenvalue weighted by Crippen LogP contribution is -2.36. The van der Waals surface area contributed by atoms with Gasteiger partial charge in [0.2, 0.25) is 11.8 Å². The number of nitrogens with zero attached hydrogens (tertiary/aromatic N) is 2. The van der Waals surface area contributed by atoms with Crippen molar-refractivity contribution < 1.29 is 14.7 Å². The zero-order valence-electron chi connectivity index (χ0n) is 15.9. The van der Waals surface area contributed by atoms with Crippen LogP contribution in [0.4, 0.5) is 0 Å². The zero-order valence-corrected chi connectivity index (χ0v) is 17.4. The summed E-state index contributed by atoms with van der Waals surface area (Å²) in [5, 5.41) is 12.9. The van der Waals surface area contributed by atoms with Crippen LogP contribution < -0.4 is 5.32 Å². The van der Waals surface area contributed by atoms with Gasteiger partial charge in [0.25, 0.3) is 0 Å². The van der Waals surface area contributed by atoms with Crippen LogP contribution in [0.2, 0.25) is 10.0 Å². The van der Waals surface area contributed by atoms with Crippen molar-refractivity contribution >= 4 is 41.1 Å². The molecule has 1 aromatic rings. The van der Waals surface area contributed by atoms with Crippen LogP contribution >= 0.6 is 23.2 Å². The largest absolute Gasteiger partial charge is 0.396 e. The molecule has 0 atom stereocenters. The molecule has 2 N–H and O–H groups in total. The van der Waals surface area contributed by atoms with E-state index in [1.54, 1.807) is 29.2 Å². The van der Waals surface area contributed by atoms with Crippen molar-refractivity contribution in [2.24, 2.45) is 0 Å². The molecule has 0 radical (unpaired) electrons. The molecule has 0 saturated carbocycles. The van der Waals surface area contributed by atoms with Gasteiger partial charge in [0.05, 0.1) is 10.0 Å². The molecule has 28 heavy (non-hydrogen) atoms. The molecule has 154 valence electrons. The topological polar surface area (TPSA) is 72.9 Å². The summed E-state index contributed by atoms with van der Waals surface area (Å²) in [6, 6.07) is 5.19. The fourth-order valence-corrected chi connectivity index (χ4v) is 3.24. The summed E-state index contributed by atoms with van der Waals surface area (Å²) in [5.41, 5.74) is 0.795. The highest BCUT2D eigenvalue weighted by atomic mass is 35.5. The van der Waals surface area contributed by atoms with Crippen LogP contribution in [0.25, 0.3) is 6.08 Å². The lowest BCUT2D eigenvalue weighted by Gasteiger charge is -2.21. The molecule has 6 nitrogen and oxygen atoms in total. The van der Waals surface area contributed by atoms with Gasteiger partial charge >= 0.3 is 0 Å². The number of carbonyl (C=O) groups is 2. The minimum atomic E-state index is -0.119. The van der Waals surface area contributed by atoms with Crippen molar-refractivity contribution in [3.63, 3.8) is 0 Å². The van der Waals surface area contributed by atoms with E-state index in [2.05, 4.69) is 5.32 Å². The van der Waals surface area contributed by atoms with Crippen LogP contribution in [0.3, 0.4) is 0 Å². The summed E-state index contributed by atoms with van der Waals surface area (Å²) in [6.07, 6.45) is 5.12. The Hall–Kier alpha value is -1.60. The highest BCUT2D eigenvalue weighted by molar-refractivity contribution is 6.42. The molecule has 0 aliphatic carbocycles. The number of halogens is 2. The van der Waals surface area contributed by atoms with E-state index in [1.165, 1.54) is 6.08 Å². The fraction of sp³-hybridized carbons (Fsp3) is 0.500. The first kappa shape index (κ1) is 22.7. The van der Waals surface area contributed by atoms with E-state index in [-0.39, 0.29) is 18.4 Å². The number of nitrogens with one attached hydrogen (secondary N) is 1. The summed E-state index contributed by atoms with van der Waals surface area (Å²) < 4.78 is 0. The molecule has 1 aliphatic heterocycles.